The smallest absolute Gasteiger partial charge is 0.245 e. The van der Waals surface area contributed by atoms with Crippen LogP contribution < -0.4 is 10.5 Å². The highest BCUT2D eigenvalue weighted by Gasteiger charge is 2.20. The van der Waals surface area contributed by atoms with Gasteiger partial charge in [0.05, 0.1) is 0 Å². The number of ether oxygens (including phenoxy) is 1. The summed E-state index contributed by atoms with van der Waals surface area (Å²) < 4.78 is 33.0. The maximum absolute atomic E-state index is 12.0. The zero-order valence-corrected chi connectivity index (χ0v) is 12.2. The largest absolute Gasteiger partial charge is 0.385 e. The zero-order valence-electron chi connectivity index (χ0n) is 11.4. The maximum atomic E-state index is 12.0. The van der Waals surface area contributed by atoms with Crippen molar-refractivity contribution in [2.45, 2.75) is 37.6 Å². The molecule has 7 nitrogen and oxygen atoms in total. The monoisotopic (exact) mass is 290 g/mol. The molecular formula is C11H22N4O3S. The van der Waals surface area contributed by atoms with Crippen molar-refractivity contribution < 1.29 is 13.2 Å². The van der Waals surface area contributed by atoms with Crippen molar-refractivity contribution in [3.05, 3.63) is 6.20 Å². The molecule has 0 saturated heterocycles. The van der Waals surface area contributed by atoms with E-state index in [0.717, 1.165) is 19.3 Å². The third-order valence-corrected chi connectivity index (χ3v) is 4.16. The molecule has 0 aliphatic rings. The summed E-state index contributed by atoms with van der Waals surface area (Å²) in [5.74, 6) is 0.0359. The first-order valence-electron chi connectivity index (χ1n) is 6.32. The molecule has 110 valence electrons. The van der Waals surface area contributed by atoms with Gasteiger partial charge in [0.25, 0.3) is 0 Å². The second kappa shape index (κ2) is 7.46. The lowest BCUT2D eigenvalue weighted by Crippen LogP contribution is -2.25. The lowest BCUT2D eigenvalue weighted by molar-refractivity contribution is 0.192. The van der Waals surface area contributed by atoms with Gasteiger partial charge < -0.3 is 10.5 Å². The minimum Gasteiger partial charge on any atom is -0.385 e. The number of nitrogens with two attached hydrogens (primary N) is 1. The van der Waals surface area contributed by atoms with Gasteiger partial charge in [0, 0.05) is 33.0 Å². The number of aryl methyl sites for hydroxylation is 1. The first-order valence-corrected chi connectivity index (χ1v) is 7.81. The molecule has 8 heteroatoms. The minimum absolute atomic E-state index is 0.0359. The van der Waals surface area contributed by atoms with E-state index in [1.54, 1.807) is 7.11 Å². The molecule has 0 spiro atoms. The molecule has 1 aromatic rings. The molecule has 0 unspecified atom stereocenters. The van der Waals surface area contributed by atoms with Gasteiger partial charge in [-0.25, -0.2) is 13.1 Å². The molecule has 0 fully saturated rings. The van der Waals surface area contributed by atoms with Crippen LogP contribution in [-0.2, 0) is 21.3 Å². The molecule has 0 atom stereocenters. The summed E-state index contributed by atoms with van der Waals surface area (Å²) in [5.41, 5.74) is 5.61. The van der Waals surface area contributed by atoms with Gasteiger partial charge >= 0.3 is 0 Å². The van der Waals surface area contributed by atoms with Crippen LogP contribution in [0.2, 0.25) is 0 Å². The zero-order chi connectivity index (χ0) is 14.3. The highest BCUT2D eigenvalue weighted by atomic mass is 32.2. The summed E-state index contributed by atoms with van der Waals surface area (Å²) in [4.78, 5) is 0.0474. The molecule has 0 amide bonds. The van der Waals surface area contributed by atoms with Gasteiger partial charge in [-0.05, 0) is 26.2 Å². The van der Waals surface area contributed by atoms with Crippen LogP contribution in [0.4, 0.5) is 5.82 Å². The van der Waals surface area contributed by atoms with Crippen molar-refractivity contribution in [1.82, 2.24) is 14.5 Å². The number of hydrogen-bond acceptors (Lipinski definition) is 5. The molecular weight excluding hydrogens is 268 g/mol. The molecule has 0 saturated carbocycles. The number of nitrogens with zero attached hydrogens (tertiary/aromatic N) is 2. The quantitative estimate of drug-likeness (QED) is 0.648. The van der Waals surface area contributed by atoms with E-state index < -0.39 is 10.0 Å². The van der Waals surface area contributed by atoms with Crippen LogP contribution >= 0.6 is 0 Å². The van der Waals surface area contributed by atoms with E-state index >= 15 is 0 Å². The van der Waals surface area contributed by atoms with Crippen molar-refractivity contribution in [1.29, 1.82) is 0 Å². The fraction of sp³-hybridized carbons (Fsp3) is 0.727. The minimum atomic E-state index is -3.56. The predicted octanol–water partition coefficient (Wildman–Crippen LogP) is 0.580. The molecule has 1 heterocycles. The van der Waals surface area contributed by atoms with Crippen LogP contribution in [0, 0.1) is 0 Å². The summed E-state index contributed by atoms with van der Waals surface area (Å²) in [5, 5.41) is 3.92. The van der Waals surface area contributed by atoms with E-state index in [4.69, 9.17) is 10.5 Å². The van der Waals surface area contributed by atoms with E-state index in [1.807, 2.05) is 6.92 Å². The number of rotatable bonds is 9. The van der Waals surface area contributed by atoms with Crippen molar-refractivity contribution in [3.63, 3.8) is 0 Å². The number of anilines is 1. The van der Waals surface area contributed by atoms with Gasteiger partial charge in [-0.3, -0.25) is 4.68 Å². The van der Waals surface area contributed by atoms with Gasteiger partial charge in [0.2, 0.25) is 10.0 Å². The summed E-state index contributed by atoms with van der Waals surface area (Å²) in [6, 6.07) is 0. The number of sulfonamides is 1. The van der Waals surface area contributed by atoms with Gasteiger partial charge in [-0.1, -0.05) is 0 Å². The molecule has 19 heavy (non-hydrogen) atoms. The summed E-state index contributed by atoms with van der Waals surface area (Å²) >= 11 is 0. The third kappa shape index (κ3) is 4.81. The average molecular weight is 290 g/mol. The summed E-state index contributed by atoms with van der Waals surface area (Å²) in [6.45, 7) is 3.54. The van der Waals surface area contributed by atoms with E-state index in [2.05, 4.69) is 9.82 Å². The van der Waals surface area contributed by atoms with Crippen molar-refractivity contribution in [3.8, 4) is 0 Å². The van der Waals surface area contributed by atoms with Gasteiger partial charge in [-0.2, -0.15) is 5.10 Å². The SMILES string of the molecule is CCn1cc(S(=O)(=O)NCCCCCOC)c(N)n1. The van der Waals surface area contributed by atoms with Crippen molar-refractivity contribution in [2.24, 2.45) is 0 Å². The van der Waals surface area contributed by atoms with Crippen LogP contribution in [0.3, 0.4) is 0 Å². The highest BCUT2D eigenvalue weighted by Crippen LogP contribution is 2.15. The first kappa shape index (κ1) is 15.9. The second-order valence-electron chi connectivity index (χ2n) is 4.19. The maximum Gasteiger partial charge on any atom is 0.245 e. The Kier molecular flexibility index (Phi) is 6.26. The molecule has 1 aromatic heterocycles. The van der Waals surface area contributed by atoms with Crippen LogP contribution in [0.25, 0.3) is 0 Å². The Morgan fingerprint density at radius 1 is 1.42 bits per heavy atom. The first-order chi connectivity index (χ1) is 9.01. The predicted molar refractivity (Wildman–Crippen MR) is 73.2 cm³/mol. The number of hydrogen-bond donors (Lipinski definition) is 2. The van der Waals surface area contributed by atoms with Crippen LogP contribution in [0.1, 0.15) is 26.2 Å². The molecule has 0 radical (unpaired) electrons. The Balaban J connectivity index is 2.49. The van der Waals surface area contributed by atoms with Crippen LogP contribution in [-0.4, -0.2) is 38.5 Å². The third-order valence-electron chi connectivity index (χ3n) is 2.69. The topological polar surface area (TPSA) is 99.2 Å². The Morgan fingerprint density at radius 3 is 2.74 bits per heavy atom. The molecule has 1 rings (SSSR count). The Morgan fingerprint density at radius 2 is 2.16 bits per heavy atom. The standard InChI is InChI=1S/C11H22N4O3S/c1-3-15-9-10(11(12)14-15)19(16,17)13-7-5-4-6-8-18-2/h9,13H,3-8H2,1-2H3,(H2,12,14). The number of unbranched alkanes of at least 4 members (excludes halogenated alkanes) is 2. The molecule has 0 aliphatic heterocycles. The number of methoxy groups -OCH3 is 1. The summed E-state index contributed by atoms with van der Waals surface area (Å²) in [6.07, 6.45) is 4.06. The Bertz CT molecular complexity index is 484. The highest BCUT2D eigenvalue weighted by molar-refractivity contribution is 7.89. The van der Waals surface area contributed by atoms with E-state index in [1.165, 1.54) is 10.9 Å². The van der Waals surface area contributed by atoms with Gasteiger partial charge in [-0.15, -0.1) is 0 Å². The van der Waals surface area contributed by atoms with E-state index in [0.29, 0.717) is 19.7 Å². The lowest BCUT2D eigenvalue weighted by atomic mass is 10.2. The lowest BCUT2D eigenvalue weighted by Gasteiger charge is -2.05. The van der Waals surface area contributed by atoms with Crippen molar-refractivity contribution in [2.75, 3.05) is 26.0 Å². The number of nitrogens with one attached hydrogen (secondary N) is 1. The van der Waals surface area contributed by atoms with Gasteiger partial charge in [0.1, 0.15) is 4.90 Å². The number of nitrogen functional groups attached to an aromatic ring is 1. The van der Waals surface area contributed by atoms with Crippen LogP contribution in [0.5, 0.6) is 0 Å². The van der Waals surface area contributed by atoms with Crippen LogP contribution in [0.15, 0.2) is 11.1 Å². The second-order valence-corrected chi connectivity index (χ2v) is 5.92. The number of aromatic nitrogens is 2. The Labute approximate surface area is 114 Å². The molecule has 0 aliphatic carbocycles. The summed E-state index contributed by atoms with van der Waals surface area (Å²) in [7, 11) is -1.91. The van der Waals surface area contributed by atoms with E-state index in [9.17, 15) is 8.42 Å². The van der Waals surface area contributed by atoms with Crippen molar-refractivity contribution >= 4 is 15.8 Å². The molecule has 0 bridgehead atoms. The fourth-order valence-corrected chi connectivity index (χ4v) is 2.76. The van der Waals surface area contributed by atoms with Gasteiger partial charge in [0.15, 0.2) is 5.82 Å². The molecule has 0 aromatic carbocycles. The fourth-order valence-electron chi connectivity index (χ4n) is 1.62. The molecule has 3 N–H and O–H groups in total. The average Bonchev–Trinajstić information content (AvgIpc) is 2.76. The van der Waals surface area contributed by atoms with E-state index in [-0.39, 0.29) is 10.7 Å². The Hall–Kier alpha value is -1.12. The normalized spacial score (nSPS) is 11.9.